The van der Waals surface area contributed by atoms with Crippen LogP contribution in [0.4, 0.5) is 0 Å². The summed E-state index contributed by atoms with van der Waals surface area (Å²) >= 11 is 0. The van der Waals surface area contributed by atoms with Crippen LogP contribution < -0.4 is 0 Å². The van der Waals surface area contributed by atoms with Crippen molar-refractivity contribution in [1.82, 2.24) is 0 Å². The topological polar surface area (TPSA) is 26.3 Å². The molecule has 0 aliphatic rings. The van der Waals surface area contributed by atoms with Gasteiger partial charge in [-0.3, -0.25) is 4.79 Å². The second-order valence-electron chi connectivity index (χ2n) is 3.74. The van der Waals surface area contributed by atoms with E-state index in [1.54, 1.807) is 0 Å². The number of carbonyl (C=O) groups excluding carboxylic acids is 1. The van der Waals surface area contributed by atoms with Gasteiger partial charge in [0.15, 0.2) is 0 Å². The molecule has 2 atom stereocenters. The molecule has 0 saturated heterocycles. The zero-order valence-corrected chi connectivity index (χ0v) is 9.57. The zero-order valence-electron chi connectivity index (χ0n) is 9.57. The fourth-order valence-corrected chi connectivity index (χ4v) is 1.88. The van der Waals surface area contributed by atoms with Crippen LogP contribution >= 0.6 is 0 Å². The van der Waals surface area contributed by atoms with Crippen LogP contribution in [0.2, 0.25) is 0 Å². The smallest absolute Gasteiger partial charge is 0.302 e. The molecule has 0 aliphatic carbocycles. The van der Waals surface area contributed by atoms with E-state index >= 15 is 0 Å². The number of hydrogen-bond donors (Lipinski definition) is 0. The lowest BCUT2D eigenvalue weighted by molar-refractivity contribution is -0.146. The van der Waals surface area contributed by atoms with Crippen molar-refractivity contribution in [2.75, 3.05) is 0 Å². The van der Waals surface area contributed by atoms with Gasteiger partial charge in [-0.25, -0.2) is 0 Å². The van der Waals surface area contributed by atoms with Crippen LogP contribution in [0.25, 0.3) is 0 Å². The molecule has 1 aromatic rings. The summed E-state index contributed by atoms with van der Waals surface area (Å²) in [4.78, 5) is 10.9. The summed E-state index contributed by atoms with van der Waals surface area (Å²) in [6.45, 7) is 5.51. The molecular formula is C13H18O2. The number of rotatable bonds is 4. The van der Waals surface area contributed by atoms with E-state index in [1.165, 1.54) is 12.5 Å². The quantitative estimate of drug-likeness (QED) is 0.707. The van der Waals surface area contributed by atoms with Gasteiger partial charge in [0, 0.05) is 12.8 Å². The Morgan fingerprint density at radius 3 is 2.40 bits per heavy atom. The molecule has 0 aliphatic heterocycles. The highest BCUT2D eigenvalue weighted by molar-refractivity contribution is 5.66. The first-order valence-electron chi connectivity index (χ1n) is 5.37. The van der Waals surface area contributed by atoms with Crippen LogP contribution in [0.3, 0.4) is 0 Å². The highest BCUT2D eigenvalue weighted by Gasteiger charge is 2.19. The molecule has 0 heterocycles. The van der Waals surface area contributed by atoms with Crippen molar-refractivity contribution >= 4 is 5.97 Å². The van der Waals surface area contributed by atoms with Crippen LogP contribution in [0.15, 0.2) is 30.3 Å². The van der Waals surface area contributed by atoms with Gasteiger partial charge >= 0.3 is 5.97 Å². The predicted molar refractivity (Wildman–Crippen MR) is 60.7 cm³/mol. The maximum Gasteiger partial charge on any atom is 0.302 e. The molecule has 15 heavy (non-hydrogen) atoms. The Morgan fingerprint density at radius 2 is 1.93 bits per heavy atom. The number of benzene rings is 1. The van der Waals surface area contributed by atoms with Gasteiger partial charge in [-0.1, -0.05) is 37.3 Å². The van der Waals surface area contributed by atoms with Gasteiger partial charge in [0.2, 0.25) is 0 Å². The third-order valence-corrected chi connectivity index (χ3v) is 2.59. The van der Waals surface area contributed by atoms with Crippen molar-refractivity contribution in [3.8, 4) is 0 Å². The lowest BCUT2D eigenvalue weighted by atomic mass is 9.92. The Kier molecular flexibility index (Phi) is 4.35. The van der Waals surface area contributed by atoms with Crippen molar-refractivity contribution < 1.29 is 9.53 Å². The van der Waals surface area contributed by atoms with Gasteiger partial charge in [0.05, 0.1) is 0 Å². The maximum atomic E-state index is 10.9. The highest BCUT2D eigenvalue weighted by atomic mass is 16.5. The van der Waals surface area contributed by atoms with Crippen molar-refractivity contribution in [3.63, 3.8) is 0 Å². The molecule has 0 spiro atoms. The van der Waals surface area contributed by atoms with Gasteiger partial charge in [0.25, 0.3) is 0 Å². The van der Waals surface area contributed by atoms with Crippen molar-refractivity contribution in [2.24, 2.45) is 0 Å². The minimum atomic E-state index is -0.211. The lowest BCUT2D eigenvalue weighted by Crippen LogP contribution is -2.20. The fourth-order valence-electron chi connectivity index (χ4n) is 1.88. The summed E-state index contributed by atoms with van der Waals surface area (Å²) in [7, 11) is 0. The average molecular weight is 206 g/mol. The minimum Gasteiger partial charge on any atom is -0.462 e. The molecular weight excluding hydrogens is 188 g/mol. The summed E-state index contributed by atoms with van der Waals surface area (Å²) in [5.74, 6) is 0.0759. The molecule has 0 aromatic heterocycles. The summed E-state index contributed by atoms with van der Waals surface area (Å²) in [6, 6.07) is 10.2. The van der Waals surface area contributed by atoms with Gasteiger partial charge in [0.1, 0.15) is 6.10 Å². The zero-order chi connectivity index (χ0) is 11.3. The first-order chi connectivity index (χ1) is 7.15. The molecule has 1 rings (SSSR count). The van der Waals surface area contributed by atoms with E-state index in [0.29, 0.717) is 0 Å². The highest BCUT2D eigenvalue weighted by Crippen LogP contribution is 2.24. The minimum absolute atomic E-state index is 0.0603. The Labute approximate surface area is 91.3 Å². The molecule has 0 fully saturated rings. The number of esters is 1. The maximum absolute atomic E-state index is 10.9. The summed E-state index contributed by atoms with van der Waals surface area (Å²) < 4.78 is 5.22. The van der Waals surface area contributed by atoms with Gasteiger partial charge in [-0.2, -0.15) is 0 Å². The van der Waals surface area contributed by atoms with Crippen LogP contribution in [0, 0.1) is 0 Å². The molecule has 0 radical (unpaired) electrons. The van der Waals surface area contributed by atoms with Crippen molar-refractivity contribution in [3.05, 3.63) is 35.9 Å². The van der Waals surface area contributed by atoms with E-state index in [2.05, 4.69) is 19.1 Å². The predicted octanol–water partition coefficient (Wildman–Crippen LogP) is 3.13. The Morgan fingerprint density at radius 1 is 1.33 bits per heavy atom. The monoisotopic (exact) mass is 206 g/mol. The third-order valence-electron chi connectivity index (χ3n) is 2.59. The van der Waals surface area contributed by atoms with E-state index < -0.39 is 0 Å². The molecule has 0 bridgehead atoms. The molecule has 2 heteroatoms. The second-order valence-corrected chi connectivity index (χ2v) is 3.74. The summed E-state index contributed by atoms with van der Waals surface area (Å²) in [5.41, 5.74) is 1.23. The van der Waals surface area contributed by atoms with E-state index in [4.69, 9.17) is 4.74 Å². The van der Waals surface area contributed by atoms with Gasteiger partial charge in [-0.05, 0) is 18.9 Å². The first kappa shape index (κ1) is 11.8. The van der Waals surface area contributed by atoms with Crippen LogP contribution in [-0.2, 0) is 9.53 Å². The molecule has 2 nitrogen and oxygen atoms in total. The standard InChI is InChI=1S/C13H18O2/c1-4-13(10(2)15-11(3)14)12-8-6-5-7-9-12/h5-10,13H,4H2,1-3H3/t10-,13+/m0/s1. The molecule has 0 saturated carbocycles. The molecule has 0 N–H and O–H groups in total. The van der Waals surface area contributed by atoms with E-state index in [0.717, 1.165) is 6.42 Å². The van der Waals surface area contributed by atoms with Crippen molar-refractivity contribution in [2.45, 2.75) is 39.2 Å². The van der Waals surface area contributed by atoms with E-state index in [-0.39, 0.29) is 18.0 Å². The SMILES string of the molecule is CC[C@@H](c1ccccc1)[C@H](C)OC(C)=O. The Hall–Kier alpha value is -1.31. The fraction of sp³-hybridized carbons (Fsp3) is 0.462. The van der Waals surface area contributed by atoms with Crippen molar-refractivity contribution in [1.29, 1.82) is 0 Å². The second kappa shape index (κ2) is 5.54. The lowest BCUT2D eigenvalue weighted by Gasteiger charge is -2.22. The van der Waals surface area contributed by atoms with E-state index in [9.17, 15) is 4.79 Å². The van der Waals surface area contributed by atoms with Gasteiger partial charge in [-0.15, -0.1) is 0 Å². The Bertz CT molecular complexity index is 306. The number of ether oxygens (including phenoxy) is 1. The number of hydrogen-bond acceptors (Lipinski definition) is 2. The van der Waals surface area contributed by atoms with Crippen LogP contribution in [0.1, 0.15) is 38.7 Å². The normalized spacial score (nSPS) is 14.3. The third kappa shape index (κ3) is 3.39. The average Bonchev–Trinajstić information content (AvgIpc) is 2.19. The van der Waals surface area contributed by atoms with Crippen LogP contribution in [0.5, 0.6) is 0 Å². The summed E-state index contributed by atoms with van der Waals surface area (Å²) in [5, 5.41) is 0. The van der Waals surface area contributed by atoms with E-state index in [1.807, 2.05) is 25.1 Å². The van der Waals surface area contributed by atoms with Crippen LogP contribution in [-0.4, -0.2) is 12.1 Å². The molecule has 1 aromatic carbocycles. The Balaban J connectivity index is 2.75. The molecule has 0 unspecified atom stereocenters. The largest absolute Gasteiger partial charge is 0.462 e. The first-order valence-corrected chi connectivity index (χ1v) is 5.37. The molecule has 0 amide bonds. The summed E-state index contributed by atoms with van der Waals surface area (Å²) in [6.07, 6.45) is 0.910. The molecule has 82 valence electrons. The number of carbonyl (C=O) groups is 1. The van der Waals surface area contributed by atoms with Gasteiger partial charge < -0.3 is 4.74 Å².